The number of carbonyl (C=O) groups excluding carboxylic acids is 2. The normalized spacial score (nSPS) is 14.7. The lowest BCUT2D eigenvalue weighted by molar-refractivity contribution is -0.151. The van der Waals surface area contributed by atoms with Crippen molar-refractivity contribution in [2.75, 3.05) is 19.7 Å². The van der Waals surface area contributed by atoms with E-state index in [2.05, 4.69) is 10.1 Å². The van der Waals surface area contributed by atoms with Crippen LogP contribution in [0.1, 0.15) is 25.5 Å². The third kappa shape index (κ3) is 4.28. The van der Waals surface area contributed by atoms with Crippen LogP contribution in [0.25, 0.3) is 22.2 Å². The molecule has 0 atom stereocenters. The zero-order chi connectivity index (χ0) is 22.0. The van der Waals surface area contributed by atoms with Gasteiger partial charge in [0, 0.05) is 24.7 Å². The van der Waals surface area contributed by atoms with Crippen LogP contribution in [0.5, 0.6) is 0 Å². The molecule has 0 spiro atoms. The van der Waals surface area contributed by atoms with Crippen LogP contribution in [-0.2, 0) is 20.9 Å². The van der Waals surface area contributed by atoms with Crippen LogP contribution in [-0.4, -0.2) is 51.2 Å². The first kappa shape index (κ1) is 21.0. The number of likely N-dealkylation sites (tertiary alicyclic amines) is 1. The molecule has 1 saturated heterocycles. The third-order valence-electron chi connectivity index (χ3n) is 5.72. The van der Waals surface area contributed by atoms with Gasteiger partial charge in [-0.1, -0.05) is 12.1 Å². The minimum absolute atomic E-state index is 0.0549. The molecule has 1 aliphatic heterocycles. The maximum Gasteiger partial charge on any atom is 0.309 e. The second-order valence-corrected chi connectivity index (χ2v) is 7.71. The Kier molecular flexibility index (Phi) is 5.97. The van der Waals surface area contributed by atoms with Gasteiger partial charge in [0.1, 0.15) is 12.4 Å². The predicted octanol–water partition coefficient (Wildman–Crippen LogP) is 3.35. The first-order valence-electron chi connectivity index (χ1n) is 10.5. The summed E-state index contributed by atoms with van der Waals surface area (Å²) in [6, 6.07) is 8.16. The Balaban J connectivity index is 1.52. The van der Waals surface area contributed by atoms with Crippen molar-refractivity contribution < 1.29 is 18.7 Å². The standard InChI is InChI=1S/C23H25FN4O3/c1-3-31-23(30)17-9-12-27(13-10-17)20(29)14-28-22-21(15(2)26-28)19(8-11-25-22)16-4-6-18(24)7-5-16/h4-8,11,17H,3,9-10,12-14H2,1-2H3. The van der Waals surface area contributed by atoms with Crippen molar-refractivity contribution in [3.8, 4) is 11.1 Å². The van der Waals surface area contributed by atoms with Crippen LogP contribution in [0.2, 0.25) is 0 Å². The monoisotopic (exact) mass is 424 g/mol. The summed E-state index contributed by atoms with van der Waals surface area (Å²) in [5, 5.41) is 5.40. The zero-order valence-electron chi connectivity index (χ0n) is 17.7. The molecule has 1 amide bonds. The third-order valence-corrected chi connectivity index (χ3v) is 5.72. The fourth-order valence-corrected chi connectivity index (χ4v) is 4.11. The van der Waals surface area contributed by atoms with E-state index in [9.17, 15) is 14.0 Å². The highest BCUT2D eigenvalue weighted by molar-refractivity contribution is 5.95. The van der Waals surface area contributed by atoms with Crippen LogP contribution >= 0.6 is 0 Å². The second-order valence-electron chi connectivity index (χ2n) is 7.71. The number of nitrogens with zero attached hydrogens (tertiary/aromatic N) is 4. The highest BCUT2D eigenvalue weighted by Crippen LogP contribution is 2.30. The molecule has 7 nitrogen and oxygen atoms in total. The van der Waals surface area contributed by atoms with E-state index in [4.69, 9.17) is 4.74 Å². The average molecular weight is 424 g/mol. The number of piperidine rings is 1. The van der Waals surface area contributed by atoms with E-state index in [-0.39, 0.29) is 30.2 Å². The lowest BCUT2D eigenvalue weighted by atomic mass is 9.97. The molecule has 3 heterocycles. The summed E-state index contributed by atoms with van der Waals surface area (Å²) in [7, 11) is 0. The Labute approximate surface area is 179 Å². The number of carbonyl (C=O) groups is 2. The summed E-state index contributed by atoms with van der Waals surface area (Å²) < 4.78 is 20.0. The van der Waals surface area contributed by atoms with Crippen LogP contribution in [0.4, 0.5) is 4.39 Å². The Hall–Kier alpha value is -3.29. The van der Waals surface area contributed by atoms with Gasteiger partial charge < -0.3 is 9.64 Å². The van der Waals surface area contributed by atoms with Gasteiger partial charge in [-0.25, -0.2) is 14.1 Å². The van der Waals surface area contributed by atoms with E-state index in [0.29, 0.717) is 38.2 Å². The zero-order valence-corrected chi connectivity index (χ0v) is 17.7. The number of aryl methyl sites for hydroxylation is 1. The van der Waals surface area contributed by atoms with Gasteiger partial charge >= 0.3 is 5.97 Å². The van der Waals surface area contributed by atoms with Crippen LogP contribution in [0.15, 0.2) is 36.5 Å². The number of aromatic nitrogens is 3. The van der Waals surface area contributed by atoms with E-state index >= 15 is 0 Å². The number of pyridine rings is 1. The van der Waals surface area contributed by atoms with E-state index < -0.39 is 0 Å². The van der Waals surface area contributed by atoms with Crippen molar-refractivity contribution in [2.24, 2.45) is 5.92 Å². The molecule has 1 fully saturated rings. The number of rotatable bonds is 5. The molecule has 0 unspecified atom stereocenters. The summed E-state index contributed by atoms with van der Waals surface area (Å²) in [5.41, 5.74) is 3.14. The topological polar surface area (TPSA) is 77.3 Å². The van der Waals surface area contributed by atoms with Gasteiger partial charge in [0.05, 0.1) is 18.2 Å². The molecule has 0 aliphatic carbocycles. The summed E-state index contributed by atoms with van der Waals surface area (Å²) in [4.78, 5) is 31.0. The molecule has 8 heteroatoms. The highest BCUT2D eigenvalue weighted by Gasteiger charge is 2.28. The highest BCUT2D eigenvalue weighted by atomic mass is 19.1. The number of hydrogen-bond acceptors (Lipinski definition) is 5. The molecule has 0 bridgehead atoms. The molecule has 1 aromatic carbocycles. The average Bonchev–Trinajstić information content (AvgIpc) is 3.10. The van der Waals surface area contributed by atoms with Crippen molar-refractivity contribution in [3.05, 3.63) is 48.0 Å². The molecular formula is C23H25FN4O3. The molecule has 4 rings (SSSR count). The van der Waals surface area contributed by atoms with Crippen LogP contribution in [0, 0.1) is 18.7 Å². The van der Waals surface area contributed by atoms with Gasteiger partial charge in [0.25, 0.3) is 0 Å². The van der Waals surface area contributed by atoms with Gasteiger partial charge in [-0.2, -0.15) is 5.10 Å². The first-order valence-corrected chi connectivity index (χ1v) is 10.5. The summed E-state index contributed by atoms with van der Waals surface area (Å²) in [5.74, 6) is -0.669. The maximum absolute atomic E-state index is 13.3. The van der Waals surface area contributed by atoms with Crippen LogP contribution in [0.3, 0.4) is 0 Å². The van der Waals surface area contributed by atoms with Crippen LogP contribution < -0.4 is 0 Å². The summed E-state index contributed by atoms with van der Waals surface area (Å²) in [6.07, 6.45) is 2.89. The molecule has 3 aromatic rings. The number of halogens is 1. The fraction of sp³-hybridized carbons (Fsp3) is 0.391. The van der Waals surface area contributed by atoms with E-state index in [0.717, 1.165) is 22.2 Å². The van der Waals surface area contributed by atoms with Crippen molar-refractivity contribution >= 4 is 22.9 Å². The van der Waals surface area contributed by atoms with E-state index in [1.54, 1.807) is 34.8 Å². The molecular weight excluding hydrogens is 399 g/mol. The van der Waals surface area contributed by atoms with Crippen molar-refractivity contribution in [1.82, 2.24) is 19.7 Å². The molecule has 0 N–H and O–H groups in total. The van der Waals surface area contributed by atoms with Gasteiger partial charge in [-0.3, -0.25) is 9.59 Å². The fourth-order valence-electron chi connectivity index (χ4n) is 4.11. The maximum atomic E-state index is 13.3. The van der Waals surface area contributed by atoms with Gasteiger partial charge in [0.2, 0.25) is 5.91 Å². The molecule has 1 aliphatic rings. The second kappa shape index (κ2) is 8.83. The quantitative estimate of drug-likeness (QED) is 0.587. The van der Waals surface area contributed by atoms with Crippen molar-refractivity contribution in [2.45, 2.75) is 33.2 Å². The number of ether oxygens (including phenoxy) is 1. The minimum atomic E-state index is -0.293. The van der Waals surface area contributed by atoms with Crippen molar-refractivity contribution in [1.29, 1.82) is 0 Å². The Morgan fingerprint density at radius 3 is 2.55 bits per heavy atom. The largest absolute Gasteiger partial charge is 0.466 e. The lowest BCUT2D eigenvalue weighted by Crippen LogP contribution is -2.42. The smallest absolute Gasteiger partial charge is 0.309 e. The Morgan fingerprint density at radius 2 is 1.87 bits per heavy atom. The first-order chi connectivity index (χ1) is 15.0. The van der Waals surface area contributed by atoms with Gasteiger partial charge in [-0.05, 0) is 56.0 Å². The number of amides is 1. The minimum Gasteiger partial charge on any atom is -0.466 e. The lowest BCUT2D eigenvalue weighted by Gasteiger charge is -2.30. The molecule has 0 radical (unpaired) electrons. The Bertz CT molecular complexity index is 1100. The Morgan fingerprint density at radius 1 is 1.16 bits per heavy atom. The summed E-state index contributed by atoms with van der Waals surface area (Å²) in [6.45, 7) is 5.17. The number of esters is 1. The summed E-state index contributed by atoms with van der Waals surface area (Å²) >= 11 is 0. The number of hydrogen-bond donors (Lipinski definition) is 0. The van der Waals surface area contributed by atoms with E-state index in [1.165, 1.54) is 12.1 Å². The number of benzene rings is 1. The van der Waals surface area contributed by atoms with Gasteiger partial charge in [0.15, 0.2) is 5.65 Å². The van der Waals surface area contributed by atoms with E-state index in [1.807, 2.05) is 13.0 Å². The predicted molar refractivity (Wildman–Crippen MR) is 114 cm³/mol. The molecule has 0 saturated carbocycles. The SMILES string of the molecule is CCOC(=O)C1CCN(C(=O)Cn2nc(C)c3c(-c4ccc(F)cc4)ccnc32)CC1. The molecule has 2 aromatic heterocycles. The van der Waals surface area contributed by atoms with Crippen molar-refractivity contribution in [3.63, 3.8) is 0 Å². The van der Waals surface area contributed by atoms with Gasteiger partial charge in [-0.15, -0.1) is 0 Å². The number of fused-ring (bicyclic) bond motifs is 1. The molecule has 162 valence electrons. The molecule has 31 heavy (non-hydrogen) atoms.